The second-order valence-electron chi connectivity index (χ2n) is 5.94. The largest absolute Gasteiger partial charge is 0.368 e. The summed E-state index contributed by atoms with van der Waals surface area (Å²) >= 11 is 12.0. The Balaban J connectivity index is 1.52. The van der Waals surface area contributed by atoms with Gasteiger partial charge in [-0.05, 0) is 18.2 Å². The summed E-state index contributed by atoms with van der Waals surface area (Å²) < 4.78 is 0. The van der Waals surface area contributed by atoms with Gasteiger partial charge in [-0.15, -0.1) is 0 Å². The number of benzene rings is 1. The first-order chi connectivity index (χ1) is 12.5. The lowest BCUT2D eigenvalue weighted by Gasteiger charge is -2.35. The summed E-state index contributed by atoms with van der Waals surface area (Å²) in [5.41, 5.74) is 7.53. The standard InChI is InChI=1S/C16H15Cl2N7O/c17-10-5-9(6-11(18)7-10)15(26)25-3-1-24(2-4-25)14-12-13(21-8-20-12)22-16(19)23-14/h5-8H,1-4H2,(H3,19,20,21,22,23). The molecule has 0 aliphatic carbocycles. The topological polar surface area (TPSA) is 104 Å². The van der Waals surface area contributed by atoms with Crippen LogP contribution in [0.2, 0.25) is 10.0 Å². The molecule has 10 heteroatoms. The summed E-state index contributed by atoms with van der Waals surface area (Å²) in [6, 6.07) is 4.86. The zero-order valence-electron chi connectivity index (χ0n) is 13.6. The quantitative estimate of drug-likeness (QED) is 0.693. The number of rotatable bonds is 2. The predicted molar refractivity (Wildman–Crippen MR) is 101 cm³/mol. The fourth-order valence-corrected chi connectivity index (χ4v) is 3.57. The number of carbonyl (C=O) groups excluding carboxylic acids is 1. The molecule has 0 unspecified atom stereocenters. The van der Waals surface area contributed by atoms with E-state index in [0.29, 0.717) is 53.3 Å². The van der Waals surface area contributed by atoms with Gasteiger partial charge in [0.05, 0.1) is 6.33 Å². The van der Waals surface area contributed by atoms with E-state index in [1.807, 2.05) is 0 Å². The monoisotopic (exact) mass is 391 g/mol. The molecule has 1 aromatic carbocycles. The lowest BCUT2D eigenvalue weighted by molar-refractivity contribution is 0.0746. The van der Waals surface area contributed by atoms with Crippen molar-refractivity contribution in [3.63, 3.8) is 0 Å². The summed E-state index contributed by atoms with van der Waals surface area (Å²) in [7, 11) is 0. The van der Waals surface area contributed by atoms with Gasteiger partial charge in [-0.25, -0.2) is 4.98 Å². The SMILES string of the molecule is Nc1nc(N2CCN(C(=O)c3cc(Cl)cc(Cl)c3)CC2)c2[nH]cnc2n1. The van der Waals surface area contributed by atoms with Gasteiger partial charge in [-0.2, -0.15) is 9.97 Å². The number of nitrogen functional groups attached to an aromatic ring is 1. The van der Waals surface area contributed by atoms with E-state index in [1.165, 1.54) is 0 Å². The van der Waals surface area contributed by atoms with Gasteiger partial charge in [0.1, 0.15) is 5.52 Å². The van der Waals surface area contributed by atoms with Crippen molar-refractivity contribution in [1.82, 2.24) is 24.8 Å². The maximum absolute atomic E-state index is 12.7. The molecule has 26 heavy (non-hydrogen) atoms. The lowest BCUT2D eigenvalue weighted by atomic mass is 10.2. The van der Waals surface area contributed by atoms with Crippen LogP contribution >= 0.6 is 23.2 Å². The van der Waals surface area contributed by atoms with Gasteiger partial charge in [0.2, 0.25) is 5.95 Å². The number of nitrogens with two attached hydrogens (primary N) is 1. The average Bonchev–Trinajstić information content (AvgIpc) is 3.08. The highest BCUT2D eigenvalue weighted by molar-refractivity contribution is 6.35. The Hall–Kier alpha value is -2.58. The molecule has 0 saturated carbocycles. The predicted octanol–water partition coefficient (Wildman–Crippen LogP) is 2.20. The summed E-state index contributed by atoms with van der Waals surface area (Å²) in [5, 5.41) is 0.884. The summed E-state index contributed by atoms with van der Waals surface area (Å²) in [6.07, 6.45) is 1.56. The highest BCUT2D eigenvalue weighted by atomic mass is 35.5. The van der Waals surface area contributed by atoms with E-state index >= 15 is 0 Å². The molecule has 1 amide bonds. The van der Waals surface area contributed by atoms with Crippen molar-refractivity contribution in [3.8, 4) is 0 Å². The van der Waals surface area contributed by atoms with Crippen LogP contribution in [0.5, 0.6) is 0 Å². The van der Waals surface area contributed by atoms with Gasteiger partial charge in [-0.3, -0.25) is 4.79 Å². The third kappa shape index (κ3) is 3.13. The second kappa shape index (κ2) is 6.62. The Morgan fingerprint density at radius 1 is 1.08 bits per heavy atom. The van der Waals surface area contributed by atoms with Crippen LogP contribution < -0.4 is 10.6 Å². The molecule has 3 heterocycles. The minimum absolute atomic E-state index is 0.0945. The average molecular weight is 392 g/mol. The van der Waals surface area contributed by atoms with Gasteiger partial charge in [0.25, 0.3) is 5.91 Å². The summed E-state index contributed by atoms with van der Waals surface area (Å²) in [5.74, 6) is 0.775. The van der Waals surface area contributed by atoms with E-state index in [-0.39, 0.29) is 11.9 Å². The number of aromatic amines is 1. The zero-order chi connectivity index (χ0) is 18.3. The lowest BCUT2D eigenvalue weighted by Crippen LogP contribution is -2.49. The molecular formula is C16H15Cl2N7O. The minimum atomic E-state index is -0.0945. The van der Waals surface area contributed by atoms with Crippen LogP contribution in [0.25, 0.3) is 11.2 Å². The maximum Gasteiger partial charge on any atom is 0.254 e. The molecule has 1 saturated heterocycles. The number of nitrogens with zero attached hydrogens (tertiary/aromatic N) is 5. The number of carbonyl (C=O) groups is 1. The van der Waals surface area contributed by atoms with Crippen molar-refractivity contribution >= 4 is 52.0 Å². The molecule has 3 aromatic rings. The van der Waals surface area contributed by atoms with Gasteiger partial charge in [0, 0.05) is 41.8 Å². The number of halogens is 2. The molecule has 134 valence electrons. The van der Waals surface area contributed by atoms with Gasteiger partial charge < -0.3 is 20.5 Å². The summed E-state index contributed by atoms with van der Waals surface area (Å²) in [6.45, 7) is 2.32. The number of H-pyrrole nitrogens is 1. The highest BCUT2D eigenvalue weighted by Gasteiger charge is 2.25. The van der Waals surface area contributed by atoms with Crippen molar-refractivity contribution in [1.29, 1.82) is 0 Å². The van der Waals surface area contributed by atoms with Gasteiger partial charge in [0.15, 0.2) is 11.5 Å². The molecule has 1 fully saturated rings. The van der Waals surface area contributed by atoms with Gasteiger partial charge >= 0.3 is 0 Å². The number of anilines is 2. The van der Waals surface area contributed by atoms with Crippen LogP contribution in [-0.4, -0.2) is 56.9 Å². The number of hydrogen-bond donors (Lipinski definition) is 2. The molecule has 4 rings (SSSR count). The van der Waals surface area contributed by atoms with E-state index in [0.717, 1.165) is 5.52 Å². The van der Waals surface area contributed by atoms with Crippen molar-refractivity contribution < 1.29 is 4.79 Å². The van der Waals surface area contributed by atoms with Gasteiger partial charge in [-0.1, -0.05) is 23.2 Å². The van der Waals surface area contributed by atoms with Crippen LogP contribution in [0.1, 0.15) is 10.4 Å². The number of aromatic nitrogens is 4. The summed E-state index contributed by atoms with van der Waals surface area (Å²) in [4.78, 5) is 32.1. The first-order valence-electron chi connectivity index (χ1n) is 7.98. The Bertz CT molecular complexity index is 962. The molecule has 2 aromatic heterocycles. The van der Waals surface area contributed by atoms with E-state index in [2.05, 4.69) is 24.8 Å². The number of amides is 1. The van der Waals surface area contributed by atoms with Crippen LogP contribution in [0, 0.1) is 0 Å². The van der Waals surface area contributed by atoms with Crippen LogP contribution in [0.4, 0.5) is 11.8 Å². The molecule has 0 bridgehead atoms. The fourth-order valence-electron chi connectivity index (χ4n) is 3.04. The fraction of sp³-hybridized carbons (Fsp3) is 0.250. The first-order valence-corrected chi connectivity index (χ1v) is 8.74. The third-order valence-electron chi connectivity index (χ3n) is 4.26. The van der Waals surface area contributed by atoms with E-state index < -0.39 is 0 Å². The smallest absolute Gasteiger partial charge is 0.254 e. The van der Waals surface area contributed by atoms with Crippen molar-refractivity contribution in [2.45, 2.75) is 0 Å². The second-order valence-corrected chi connectivity index (χ2v) is 6.82. The molecule has 0 atom stereocenters. The van der Waals surface area contributed by atoms with Crippen LogP contribution in [0.15, 0.2) is 24.5 Å². The van der Waals surface area contributed by atoms with Crippen molar-refractivity contribution in [2.75, 3.05) is 36.8 Å². The molecule has 8 nitrogen and oxygen atoms in total. The number of fused-ring (bicyclic) bond motifs is 1. The van der Waals surface area contributed by atoms with E-state index in [1.54, 1.807) is 29.4 Å². The van der Waals surface area contributed by atoms with E-state index in [9.17, 15) is 4.79 Å². The number of hydrogen-bond acceptors (Lipinski definition) is 6. The molecule has 3 N–H and O–H groups in total. The Kier molecular flexibility index (Phi) is 4.29. The normalized spacial score (nSPS) is 14.8. The minimum Gasteiger partial charge on any atom is -0.368 e. The number of imidazole rings is 1. The zero-order valence-corrected chi connectivity index (χ0v) is 15.1. The Morgan fingerprint density at radius 3 is 2.46 bits per heavy atom. The van der Waals surface area contributed by atoms with Crippen molar-refractivity contribution in [3.05, 3.63) is 40.1 Å². The van der Waals surface area contributed by atoms with E-state index in [4.69, 9.17) is 28.9 Å². The Morgan fingerprint density at radius 2 is 1.77 bits per heavy atom. The molecule has 1 aliphatic heterocycles. The number of piperazine rings is 1. The maximum atomic E-state index is 12.7. The van der Waals surface area contributed by atoms with Crippen LogP contribution in [0.3, 0.4) is 0 Å². The first kappa shape index (κ1) is 16.9. The van der Waals surface area contributed by atoms with Crippen molar-refractivity contribution in [2.24, 2.45) is 0 Å². The molecule has 1 aliphatic rings. The van der Waals surface area contributed by atoms with Crippen LogP contribution in [-0.2, 0) is 0 Å². The molecule has 0 spiro atoms. The Labute approximate surface area is 158 Å². The third-order valence-corrected chi connectivity index (χ3v) is 4.70. The highest BCUT2D eigenvalue weighted by Crippen LogP contribution is 2.24. The molecular weight excluding hydrogens is 377 g/mol. The number of nitrogens with one attached hydrogen (secondary N) is 1. The molecule has 0 radical (unpaired) electrons.